The van der Waals surface area contributed by atoms with Crippen LogP contribution >= 0.6 is 0 Å². The zero-order valence-electron chi connectivity index (χ0n) is 11.8. The number of amides is 1. The molecule has 2 rings (SSSR count). The third-order valence-corrected chi connectivity index (χ3v) is 3.66. The predicted molar refractivity (Wildman–Crippen MR) is 75.8 cm³/mol. The van der Waals surface area contributed by atoms with E-state index in [0.29, 0.717) is 0 Å². The highest BCUT2D eigenvalue weighted by Gasteiger charge is 2.25. The maximum atomic E-state index is 11.9. The number of benzene rings is 1. The molecule has 1 aromatic carbocycles. The monoisotopic (exact) mass is 275 g/mol. The van der Waals surface area contributed by atoms with Gasteiger partial charge in [-0.05, 0) is 25.3 Å². The van der Waals surface area contributed by atoms with Crippen LogP contribution < -0.4 is 5.32 Å². The van der Waals surface area contributed by atoms with Crippen LogP contribution in [0.15, 0.2) is 30.3 Å². The van der Waals surface area contributed by atoms with Gasteiger partial charge < -0.3 is 10.1 Å². The fraction of sp³-hybridized carbons (Fsp3) is 0.500. The summed E-state index contributed by atoms with van der Waals surface area (Å²) in [4.78, 5) is 23.7. The average Bonchev–Trinajstić information content (AvgIpc) is 3.00. The summed E-state index contributed by atoms with van der Waals surface area (Å²) in [7, 11) is 0. The summed E-state index contributed by atoms with van der Waals surface area (Å²) in [6.45, 7) is 1.91. The number of hydrogen-bond donors (Lipinski definition) is 1. The van der Waals surface area contributed by atoms with Gasteiger partial charge in [-0.3, -0.25) is 4.79 Å². The standard InChI is InChI=1S/C16H21NO3/c1-12(17-15(18)14-9-5-6-10-14)16(19)20-11-13-7-3-2-4-8-13/h2-4,7-8,12,14H,5-6,9-11H2,1H3,(H,17,18)/t12-/m1/s1. The number of hydrogen-bond acceptors (Lipinski definition) is 3. The molecule has 108 valence electrons. The first-order chi connectivity index (χ1) is 9.66. The van der Waals surface area contributed by atoms with Crippen LogP contribution in [0.5, 0.6) is 0 Å². The van der Waals surface area contributed by atoms with Crippen LogP contribution in [0.4, 0.5) is 0 Å². The van der Waals surface area contributed by atoms with Crippen molar-refractivity contribution in [3.05, 3.63) is 35.9 Å². The summed E-state index contributed by atoms with van der Waals surface area (Å²) in [6, 6.07) is 8.91. The molecule has 0 aliphatic heterocycles. The Bertz CT molecular complexity index is 452. The Morgan fingerprint density at radius 2 is 1.90 bits per heavy atom. The second-order valence-corrected chi connectivity index (χ2v) is 5.30. The van der Waals surface area contributed by atoms with Crippen LogP contribution in [0.3, 0.4) is 0 Å². The predicted octanol–water partition coefficient (Wildman–Crippen LogP) is 2.42. The van der Waals surface area contributed by atoms with Crippen LogP contribution in [0.2, 0.25) is 0 Å². The Hall–Kier alpha value is -1.84. The maximum absolute atomic E-state index is 11.9. The lowest BCUT2D eigenvalue weighted by atomic mass is 10.1. The summed E-state index contributed by atoms with van der Waals surface area (Å²) in [5, 5.41) is 2.74. The highest BCUT2D eigenvalue weighted by molar-refractivity contribution is 5.85. The summed E-state index contributed by atoms with van der Waals surface area (Å²) in [5.41, 5.74) is 0.940. The van der Waals surface area contributed by atoms with Gasteiger partial charge in [0.2, 0.25) is 5.91 Å². The third kappa shape index (κ3) is 4.08. The Morgan fingerprint density at radius 1 is 1.25 bits per heavy atom. The van der Waals surface area contributed by atoms with E-state index in [-0.39, 0.29) is 24.4 Å². The molecule has 4 heteroatoms. The fourth-order valence-electron chi connectivity index (χ4n) is 2.43. The van der Waals surface area contributed by atoms with Gasteiger partial charge in [-0.25, -0.2) is 4.79 Å². The molecule has 1 aromatic rings. The maximum Gasteiger partial charge on any atom is 0.328 e. The zero-order valence-corrected chi connectivity index (χ0v) is 11.8. The minimum absolute atomic E-state index is 0.0216. The Kier molecular flexibility index (Phi) is 5.16. The van der Waals surface area contributed by atoms with Crippen molar-refractivity contribution in [1.29, 1.82) is 0 Å². The first kappa shape index (κ1) is 14.6. The minimum Gasteiger partial charge on any atom is -0.459 e. The first-order valence-corrected chi connectivity index (χ1v) is 7.18. The number of esters is 1. The van der Waals surface area contributed by atoms with E-state index in [4.69, 9.17) is 4.74 Å². The molecule has 0 spiro atoms. The molecule has 0 saturated heterocycles. The second-order valence-electron chi connectivity index (χ2n) is 5.30. The van der Waals surface area contributed by atoms with Crippen molar-refractivity contribution in [1.82, 2.24) is 5.32 Å². The minimum atomic E-state index is -0.591. The molecule has 4 nitrogen and oxygen atoms in total. The van der Waals surface area contributed by atoms with Gasteiger partial charge >= 0.3 is 5.97 Å². The van der Waals surface area contributed by atoms with E-state index in [9.17, 15) is 9.59 Å². The Labute approximate surface area is 119 Å². The van der Waals surface area contributed by atoms with Crippen molar-refractivity contribution in [3.8, 4) is 0 Å². The van der Waals surface area contributed by atoms with Gasteiger partial charge in [-0.15, -0.1) is 0 Å². The molecule has 20 heavy (non-hydrogen) atoms. The van der Waals surface area contributed by atoms with Crippen LogP contribution in [-0.2, 0) is 20.9 Å². The van der Waals surface area contributed by atoms with Gasteiger partial charge in [0.05, 0.1) is 0 Å². The lowest BCUT2D eigenvalue weighted by Gasteiger charge is -2.16. The molecule has 1 amide bonds. The zero-order chi connectivity index (χ0) is 14.4. The summed E-state index contributed by atoms with van der Waals surface area (Å²) >= 11 is 0. The molecule has 1 aliphatic carbocycles. The van der Waals surface area contributed by atoms with E-state index in [1.165, 1.54) is 0 Å². The number of ether oxygens (including phenoxy) is 1. The molecular formula is C16H21NO3. The van der Waals surface area contributed by atoms with Crippen molar-refractivity contribution in [2.24, 2.45) is 5.92 Å². The molecule has 1 saturated carbocycles. The Morgan fingerprint density at radius 3 is 2.55 bits per heavy atom. The van der Waals surface area contributed by atoms with Crippen LogP contribution in [-0.4, -0.2) is 17.9 Å². The molecule has 0 bridgehead atoms. The van der Waals surface area contributed by atoms with Crippen LogP contribution in [0, 0.1) is 5.92 Å². The van der Waals surface area contributed by atoms with E-state index < -0.39 is 6.04 Å². The van der Waals surface area contributed by atoms with Gasteiger partial charge in [0.25, 0.3) is 0 Å². The van der Waals surface area contributed by atoms with Gasteiger partial charge in [0.1, 0.15) is 12.6 Å². The van der Waals surface area contributed by atoms with Crippen molar-refractivity contribution in [2.75, 3.05) is 0 Å². The normalized spacial score (nSPS) is 16.6. The average molecular weight is 275 g/mol. The van der Waals surface area contributed by atoms with Crippen molar-refractivity contribution < 1.29 is 14.3 Å². The van der Waals surface area contributed by atoms with Gasteiger partial charge in [-0.1, -0.05) is 43.2 Å². The fourth-order valence-corrected chi connectivity index (χ4v) is 2.43. The van der Waals surface area contributed by atoms with Crippen LogP contribution in [0.1, 0.15) is 38.2 Å². The molecule has 1 N–H and O–H groups in total. The Balaban J connectivity index is 1.75. The largest absolute Gasteiger partial charge is 0.459 e. The van der Waals surface area contributed by atoms with Crippen molar-refractivity contribution in [3.63, 3.8) is 0 Å². The second kappa shape index (κ2) is 7.08. The molecule has 1 fully saturated rings. The van der Waals surface area contributed by atoms with E-state index in [2.05, 4.69) is 5.32 Å². The first-order valence-electron chi connectivity index (χ1n) is 7.18. The van der Waals surface area contributed by atoms with Crippen molar-refractivity contribution >= 4 is 11.9 Å². The van der Waals surface area contributed by atoms with Crippen molar-refractivity contribution in [2.45, 2.75) is 45.3 Å². The quantitative estimate of drug-likeness (QED) is 0.840. The number of carbonyl (C=O) groups is 2. The molecule has 0 unspecified atom stereocenters. The number of rotatable bonds is 5. The van der Waals surface area contributed by atoms with Crippen LogP contribution in [0.25, 0.3) is 0 Å². The molecular weight excluding hydrogens is 254 g/mol. The summed E-state index contributed by atoms with van der Waals surface area (Å²) in [6.07, 6.45) is 4.06. The molecule has 1 atom stereocenters. The SMILES string of the molecule is C[C@@H](NC(=O)C1CCCC1)C(=O)OCc1ccccc1. The highest BCUT2D eigenvalue weighted by Crippen LogP contribution is 2.24. The number of carbonyl (C=O) groups excluding carboxylic acids is 2. The summed E-state index contributed by atoms with van der Waals surface area (Å²) in [5.74, 6) is -0.341. The van der Waals surface area contributed by atoms with Gasteiger partial charge in [0.15, 0.2) is 0 Å². The highest BCUT2D eigenvalue weighted by atomic mass is 16.5. The molecule has 1 aliphatic rings. The topological polar surface area (TPSA) is 55.4 Å². The third-order valence-electron chi connectivity index (χ3n) is 3.66. The van der Waals surface area contributed by atoms with E-state index in [0.717, 1.165) is 31.2 Å². The molecule has 0 heterocycles. The van der Waals surface area contributed by atoms with Gasteiger partial charge in [-0.2, -0.15) is 0 Å². The lowest BCUT2D eigenvalue weighted by Crippen LogP contribution is -2.42. The summed E-state index contributed by atoms with van der Waals surface area (Å²) < 4.78 is 5.20. The smallest absolute Gasteiger partial charge is 0.328 e. The molecule has 0 aromatic heterocycles. The van der Waals surface area contributed by atoms with E-state index in [1.807, 2.05) is 30.3 Å². The van der Waals surface area contributed by atoms with E-state index in [1.54, 1.807) is 6.92 Å². The van der Waals surface area contributed by atoms with Gasteiger partial charge in [0, 0.05) is 5.92 Å². The lowest BCUT2D eigenvalue weighted by molar-refractivity contribution is -0.149. The molecule has 0 radical (unpaired) electrons. The number of nitrogens with one attached hydrogen (secondary N) is 1. The van der Waals surface area contributed by atoms with E-state index >= 15 is 0 Å².